The second-order valence-electron chi connectivity index (χ2n) is 8.88. The Morgan fingerprint density at radius 2 is 1.90 bits per heavy atom. The van der Waals surface area contributed by atoms with Crippen molar-refractivity contribution in [1.29, 1.82) is 0 Å². The molecule has 0 amide bonds. The fourth-order valence-electron chi connectivity index (χ4n) is 4.88. The van der Waals surface area contributed by atoms with Gasteiger partial charge in [0.15, 0.2) is 6.29 Å². The van der Waals surface area contributed by atoms with Crippen LogP contribution in [-0.2, 0) is 14.2 Å². The van der Waals surface area contributed by atoms with Crippen LogP contribution in [0.1, 0.15) is 19.8 Å². The van der Waals surface area contributed by atoms with Gasteiger partial charge in [0.25, 0.3) is 0 Å². The number of ether oxygens (including phenoxy) is 3. The highest BCUT2D eigenvalue weighted by Crippen LogP contribution is 2.35. The van der Waals surface area contributed by atoms with E-state index >= 15 is 0 Å². The summed E-state index contributed by atoms with van der Waals surface area (Å²) in [5.41, 5.74) is 23.3. The molecule has 12 N–H and O–H groups in total. The minimum Gasteiger partial charge on any atom is -0.492 e. The zero-order chi connectivity index (χ0) is 22.2. The first kappa shape index (κ1) is 23.8. The van der Waals surface area contributed by atoms with E-state index in [-0.39, 0.29) is 19.2 Å². The molecular weight excluding hydrogens is 394 g/mol. The summed E-state index contributed by atoms with van der Waals surface area (Å²) < 4.78 is 17.5. The third-order valence-electron chi connectivity index (χ3n) is 6.53. The zero-order valence-corrected chi connectivity index (χ0v) is 17.6. The van der Waals surface area contributed by atoms with Gasteiger partial charge in [0.1, 0.15) is 29.7 Å². The van der Waals surface area contributed by atoms with Crippen LogP contribution in [0.3, 0.4) is 0 Å². The number of nitrogens with two attached hydrogens (primary N) is 4. The van der Waals surface area contributed by atoms with Crippen LogP contribution in [0.4, 0.5) is 0 Å². The SMILES string of the molecule is CN[C@@H]1[C@@H](O)[C@@H](O[C@H]2[C@H](N)C[C@H](N)C([C@H]3OC(CN)=CC[C@H]3N)[C@@H]2O)OC[C@]1(C)O. The first-order chi connectivity index (χ1) is 14.1. The highest BCUT2D eigenvalue weighted by molar-refractivity contribution is 5.09. The van der Waals surface area contributed by atoms with Crippen molar-refractivity contribution in [2.45, 2.75) is 80.2 Å². The summed E-state index contributed by atoms with van der Waals surface area (Å²) >= 11 is 0. The largest absolute Gasteiger partial charge is 0.492 e. The number of hydrogen-bond donors (Lipinski definition) is 8. The molecule has 3 aliphatic rings. The van der Waals surface area contributed by atoms with Crippen molar-refractivity contribution in [2.24, 2.45) is 28.9 Å². The predicted octanol–water partition coefficient (Wildman–Crippen LogP) is -3.58. The van der Waals surface area contributed by atoms with Gasteiger partial charge in [-0.3, -0.25) is 0 Å². The van der Waals surface area contributed by atoms with Crippen LogP contribution in [0.2, 0.25) is 0 Å². The number of rotatable bonds is 5. The molecule has 11 nitrogen and oxygen atoms in total. The Bertz CT molecular complexity index is 622. The van der Waals surface area contributed by atoms with E-state index in [1.165, 1.54) is 0 Å². The number of aliphatic hydroxyl groups excluding tert-OH is 2. The molecule has 1 saturated heterocycles. The van der Waals surface area contributed by atoms with Crippen molar-refractivity contribution >= 4 is 0 Å². The molecule has 3 rings (SSSR count). The molecule has 30 heavy (non-hydrogen) atoms. The van der Waals surface area contributed by atoms with Crippen molar-refractivity contribution in [3.63, 3.8) is 0 Å². The molecule has 0 radical (unpaired) electrons. The third-order valence-corrected chi connectivity index (χ3v) is 6.53. The van der Waals surface area contributed by atoms with Gasteiger partial charge in [-0.1, -0.05) is 0 Å². The van der Waals surface area contributed by atoms with E-state index in [4.69, 9.17) is 37.1 Å². The maximum atomic E-state index is 11.2. The fraction of sp³-hybridized carbons (Fsp3) is 0.895. The van der Waals surface area contributed by atoms with Gasteiger partial charge >= 0.3 is 0 Å². The van der Waals surface area contributed by atoms with Gasteiger partial charge in [0, 0.05) is 24.0 Å². The van der Waals surface area contributed by atoms with Crippen LogP contribution in [-0.4, -0.2) is 96.0 Å². The fourth-order valence-corrected chi connectivity index (χ4v) is 4.88. The monoisotopic (exact) mass is 431 g/mol. The maximum absolute atomic E-state index is 11.2. The first-order valence-electron chi connectivity index (χ1n) is 10.5. The molecule has 1 saturated carbocycles. The summed E-state index contributed by atoms with van der Waals surface area (Å²) in [5.74, 6) is 0.0718. The average molecular weight is 432 g/mol. The molecule has 0 aromatic heterocycles. The van der Waals surface area contributed by atoms with Gasteiger partial charge < -0.3 is 57.8 Å². The van der Waals surface area contributed by atoms with E-state index in [0.717, 1.165) is 0 Å². The first-order valence-corrected chi connectivity index (χ1v) is 10.5. The lowest BCUT2D eigenvalue weighted by Gasteiger charge is -2.49. The molecule has 0 aromatic carbocycles. The lowest BCUT2D eigenvalue weighted by Crippen LogP contribution is -2.68. The molecule has 11 atom stereocenters. The van der Waals surface area contributed by atoms with Gasteiger partial charge in [-0.2, -0.15) is 0 Å². The minimum atomic E-state index is -1.28. The number of nitrogens with one attached hydrogen (secondary N) is 1. The van der Waals surface area contributed by atoms with Crippen molar-refractivity contribution in [2.75, 3.05) is 20.2 Å². The average Bonchev–Trinajstić information content (AvgIpc) is 2.68. The molecule has 174 valence electrons. The molecule has 11 heteroatoms. The topological polar surface area (TPSA) is 204 Å². The van der Waals surface area contributed by atoms with E-state index in [9.17, 15) is 15.3 Å². The van der Waals surface area contributed by atoms with Gasteiger partial charge in [0.2, 0.25) is 0 Å². The Morgan fingerprint density at radius 1 is 1.20 bits per heavy atom. The molecule has 2 heterocycles. The highest BCUT2D eigenvalue weighted by Gasteiger charge is 2.52. The summed E-state index contributed by atoms with van der Waals surface area (Å²) in [5, 5.41) is 35.1. The van der Waals surface area contributed by atoms with Crippen LogP contribution in [0.5, 0.6) is 0 Å². The third kappa shape index (κ3) is 4.51. The Morgan fingerprint density at radius 3 is 2.53 bits per heavy atom. The summed E-state index contributed by atoms with van der Waals surface area (Å²) in [7, 11) is 1.63. The number of hydrogen-bond acceptors (Lipinski definition) is 11. The van der Waals surface area contributed by atoms with Crippen LogP contribution >= 0.6 is 0 Å². The van der Waals surface area contributed by atoms with Gasteiger partial charge in [-0.25, -0.2) is 0 Å². The summed E-state index contributed by atoms with van der Waals surface area (Å²) in [6, 6.07) is -2.08. The number of aliphatic hydroxyl groups is 3. The molecule has 2 fully saturated rings. The van der Waals surface area contributed by atoms with Crippen molar-refractivity contribution in [3.8, 4) is 0 Å². The Labute approximate surface area is 176 Å². The predicted molar refractivity (Wildman–Crippen MR) is 109 cm³/mol. The van der Waals surface area contributed by atoms with Crippen molar-refractivity contribution in [1.82, 2.24) is 5.32 Å². The van der Waals surface area contributed by atoms with Crippen molar-refractivity contribution < 1.29 is 29.5 Å². The van der Waals surface area contributed by atoms with Gasteiger partial charge in [-0.15, -0.1) is 0 Å². The Kier molecular flexibility index (Phi) is 7.40. The molecule has 1 unspecified atom stereocenters. The summed E-state index contributed by atoms with van der Waals surface area (Å²) in [6.45, 7) is 1.74. The van der Waals surface area contributed by atoms with Crippen LogP contribution < -0.4 is 28.3 Å². The second-order valence-corrected chi connectivity index (χ2v) is 8.88. The Balaban J connectivity index is 1.76. The molecule has 2 aliphatic heterocycles. The number of likely N-dealkylation sites (N-methyl/N-ethyl adjacent to an activating group) is 1. The van der Waals surface area contributed by atoms with Crippen molar-refractivity contribution in [3.05, 3.63) is 11.8 Å². The quantitative estimate of drug-likeness (QED) is 0.214. The summed E-state index contributed by atoms with van der Waals surface area (Å²) in [6.07, 6.45) is -1.97. The lowest BCUT2D eigenvalue weighted by atomic mass is 9.73. The maximum Gasteiger partial charge on any atom is 0.185 e. The Hall–Kier alpha value is -0.860. The van der Waals surface area contributed by atoms with E-state index in [0.29, 0.717) is 18.6 Å². The van der Waals surface area contributed by atoms with E-state index in [1.54, 1.807) is 14.0 Å². The molecule has 0 spiro atoms. The normalized spacial score (nSPS) is 50.0. The molecular formula is C19H37N5O6. The van der Waals surface area contributed by atoms with Crippen LogP contribution in [0.25, 0.3) is 0 Å². The second kappa shape index (κ2) is 9.33. The zero-order valence-electron chi connectivity index (χ0n) is 17.6. The van der Waals surface area contributed by atoms with Crippen LogP contribution in [0, 0.1) is 5.92 Å². The van der Waals surface area contributed by atoms with E-state index in [1.807, 2.05) is 6.08 Å². The van der Waals surface area contributed by atoms with Gasteiger partial charge in [0.05, 0.1) is 25.3 Å². The molecule has 0 aromatic rings. The lowest BCUT2D eigenvalue weighted by molar-refractivity contribution is -0.296. The molecule has 1 aliphatic carbocycles. The smallest absolute Gasteiger partial charge is 0.185 e. The van der Waals surface area contributed by atoms with Crippen LogP contribution in [0.15, 0.2) is 11.8 Å². The highest BCUT2D eigenvalue weighted by atomic mass is 16.7. The molecule has 0 bridgehead atoms. The van der Waals surface area contributed by atoms with E-state index in [2.05, 4.69) is 5.32 Å². The van der Waals surface area contributed by atoms with E-state index < -0.39 is 60.4 Å². The summed E-state index contributed by atoms with van der Waals surface area (Å²) in [4.78, 5) is 0. The minimum absolute atomic E-state index is 0.0531. The standard InChI is InChI=1S/C19H37N5O6/c1-19(27)7-28-18(14(26)17(19)24-2)30-16-11(23)5-10(22)12(13(16)25)15-9(21)4-3-8(6-20)29-15/h3,9-18,24-27H,4-7,20-23H2,1-2H3/t9-,10+,11-,12?,13+,14-,15+,16+,17-,18-,19+/m1/s1. The van der Waals surface area contributed by atoms with Gasteiger partial charge in [-0.05, 0) is 32.9 Å².